The molecule has 6 heteroatoms. The highest BCUT2D eigenvalue weighted by Crippen LogP contribution is 2.30. The molecular weight excluding hydrogens is 312 g/mol. The van der Waals surface area contributed by atoms with E-state index in [1.165, 1.54) is 24.3 Å². The lowest BCUT2D eigenvalue weighted by Crippen LogP contribution is -2.05. The van der Waals surface area contributed by atoms with Crippen LogP contribution in [0.15, 0.2) is 51.7 Å². The molecule has 4 rings (SSSR count). The van der Waals surface area contributed by atoms with Crippen molar-refractivity contribution in [2.75, 3.05) is 13.2 Å². The quantitative estimate of drug-likeness (QED) is 0.716. The van der Waals surface area contributed by atoms with Gasteiger partial charge in [0.2, 0.25) is 0 Å². The Morgan fingerprint density at radius 1 is 1.08 bits per heavy atom. The van der Waals surface area contributed by atoms with Gasteiger partial charge >= 0.3 is 0 Å². The van der Waals surface area contributed by atoms with E-state index in [1.807, 2.05) is 0 Å². The number of benzene rings is 2. The summed E-state index contributed by atoms with van der Waals surface area (Å²) in [6.07, 6.45) is 0.134. The van der Waals surface area contributed by atoms with E-state index in [2.05, 4.69) is 0 Å². The monoisotopic (exact) mass is 326 g/mol. The second-order valence-electron chi connectivity index (χ2n) is 5.64. The molecular formula is C18H14O6. The summed E-state index contributed by atoms with van der Waals surface area (Å²) in [6, 6.07) is 10.4. The summed E-state index contributed by atoms with van der Waals surface area (Å²) in [5, 5.41) is 19.6. The van der Waals surface area contributed by atoms with Gasteiger partial charge in [0, 0.05) is 23.8 Å². The molecule has 1 saturated heterocycles. The standard InChI is InChI=1S/C18H14O6/c19-11-3-10(4-12(20)5-11)17-7-16(21)15-2-1-13(6-18(15)24-17)22-8-14-9-23-14/h1-7,14,19-20H,8-9H2/t14-/m1/s1. The van der Waals surface area contributed by atoms with Gasteiger partial charge in [-0.1, -0.05) is 0 Å². The topological polar surface area (TPSA) is 92.4 Å². The number of aromatic hydroxyl groups is 2. The molecule has 2 N–H and O–H groups in total. The number of fused-ring (bicyclic) bond motifs is 1. The summed E-state index contributed by atoms with van der Waals surface area (Å²) in [5.74, 6) is 0.599. The fraction of sp³-hybridized carbons (Fsp3) is 0.167. The lowest BCUT2D eigenvalue weighted by atomic mass is 10.1. The Balaban J connectivity index is 1.77. The maximum absolute atomic E-state index is 12.3. The van der Waals surface area contributed by atoms with Crippen LogP contribution in [-0.2, 0) is 4.74 Å². The van der Waals surface area contributed by atoms with Gasteiger partial charge in [0.1, 0.15) is 41.3 Å². The Kier molecular flexibility index (Phi) is 3.39. The minimum atomic E-state index is -0.217. The average molecular weight is 326 g/mol. The van der Waals surface area contributed by atoms with Crippen molar-refractivity contribution in [2.45, 2.75) is 6.10 Å². The first-order valence-corrected chi connectivity index (χ1v) is 7.44. The Bertz CT molecular complexity index is 951. The largest absolute Gasteiger partial charge is 0.508 e. The Morgan fingerprint density at radius 3 is 2.54 bits per heavy atom. The van der Waals surface area contributed by atoms with E-state index in [1.54, 1.807) is 18.2 Å². The molecule has 1 fully saturated rings. The Labute approximate surface area is 136 Å². The summed E-state index contributed by atoms with van der Waals surface area (Å²) in [7, 11) is 0. The highest BCUT2D eigenvalue weighted by atomic mass is 16.6. The van der Waals surface area contributed by atoms with Crippen molar-refractivity contribution >= 4 is 11.0 Å². The fourth-order valence-electron chi connectivity index (χ4n) is 2.46. The molecule has 3 aromatic rings. The first-order chi connectivity index (χ1) is 11.6. The number of epoxide rings is 1. The maximum atomic E-state index is 12.3. The van der Waals surface area contributed by atoms with Crippen LogP contribution in [0.4, 0.5) is 0 Å². The van der Waals surface area contributed by atoms with Gasteiger partial charge < -0.3 is 24.1 Å². The molecule has 1 aromatic heterocycles. The van der Waals surface area contributed by atoms with Crippen LogP contribution >= 0.6 is 0 Å². The molecule has 0 amide bonds. The van der Waals surface area contributed by atoms with Crippen LogP contribution in [-0.4, -0.2) is 29.5 Å². The molecule has 1 aliphatic heterocycles. The van der Waals surface area contributed by atoms with Gasteiger partial charge in [-0.25, -0.2) is 0 Å². The zero-order valence-electron chi connectivity index (χ0n) is 12.6. The van der Waals surface area contributed by atoms with Crippen LogP contribution in [0.2, 0.25) is 0 Å². The summed E-state index contributed by atoms with van der Waals surface area (Å²) < 4.78 is 16.5. The van der Waals surface area contributed by atoms with E-state index in [0.29, 0.717) is 35.5 Å². The molecule has 1 atom stereocenters. The fourth-order valence-corrected chi connectivity index (χ4v) is 2.46. The van der Waals surface area contributed by atoms with Crippen molar-refractivity contribution in [3.8, 4) is 28.6 Å². The zero-order valence-corrected chi connectivity index (χ0v) is 12.6. The van der Waals surface area contributed by atoms with Gasteiger partial charge in [0.05, 0.1) is 12.0 Å². The van der Waals surface area contributed by atoms with E-state index in [9.17, 15) is 15.0 Å². The predicted molar refractivity (Wildman–Crippen MR) is 86.5 cm³/mol. The molecule has 0 radical (unpaired) electrons. The van der Waals surface area contributed by atoms with Gasteiger partial charge in [-0.05, 0) is 24.3 Å². The summed E-state index contributed by atoms with van der Waals surface area (Å²) in [6.45, 7) is 1.16. The van der Waals surface area contributed by atoms with E-state index in [-0.39, 0.29) is 28.8 Å². The summed E-state index contributed by atoms with van der Waals surface area (Å²) in [4.78, 5) is 12.3. The van der Waals surface area contributed by atoms with Crippen LogP contribution in [0.3, 0.4) is 0 Å². The molecule has 0 spiro atoms. The summed E-state index contributed by atoms with van der Waals surface area (Å²) in [5.41, 5.74) is 0.560. The molecule has 122 valence electrons. The second kappa shape index (κ2) is 5.58. The van der Waals surface area contributed by atoms with Crippen molar-refractivity contribution in [1.29, 1.82) is 0 Å². The number of phenolic OH excluding ortho intramolecular Hbond substituents is 2. The number of phenols is 2. The number of hydrogen-bond acceptors (Lipinski definition) is 6. The third kappa shape index (κ3) is 2.91. The molecule has 6 nitrogen and oxygen atoms in total. The summed E-state index contributed by atoms with van der Waals surface area (Å²) >= 11 is 0. The Morgan fingerprint density at radius 2 is 1.83 bits per heavy atom. The third-order valence-electron chi connectivity index (χ3n) is 3.73. The number of ether oxygens (including phenoxy) is 2. The molecule has 0 unspecified atom stereocenters. The first kappa shape index (κ1) is 14.6. The van der Waals surface area contributed by atoms with Crippen LogP contribution in [0, 0.1) is 0 Å². The minimum absolute atomic E-state index is 0.116. The minimum Gasteiger partial charge on any atom is -0.508 e. The second-order valence-corrected chi connectivity index (χ2v) is 5.64. The van der Waals surface area contributed by atoms with Crippen LogP contribution in [0.1, 0.15) is 0 Å². The maximum Gasteiger partial charge on any atom is 0.193 e. The smallest absolute Gasteiger partial charge is 0.193 e. The van der Waals surface area contributed by atoms with Gasteiger partial charge in [0.15, 0.2) is 5.43 Å². The zero-order chi connectivity index (χ0) is 16.7. The first-order valence-electron chi connectivity index (χ1n) is 7.44. The highest BCUT2D eigenvalue weighted by molar-refractivity contribution is 5.80. The highest BCUT2D eigenvalue weighted by Gasteiger charge is 2.23. The average Bonchev–Trinajstić information content (AvgIpc) is 3.36. The van der Waals surface area contributed by atoms with E-state index < -0.39 is 0 Å². The molecule has 1 aliphatic rings. The normalized spacial score (nSPS) is 16.2. The van der Waals surface area contributed by atoms with Crippen molar-refractivity contribution in [2.24, 2.45) is 0 Å². The van der Waals surface area contributed by atoms with Gasteiger partial charge in [-0.3, -0.25) is 4.79 Å². The third-order valence-corrected chi connectivity index (χ3v) is 3.73. The van der Waals surface area contributed by atoms with Gasteiger partial charge in [-0.15, -0.1) is 0 Å². The molecule has 0 aliphatic carbocycles. The molecule has 0 saturated carbocycles. The van der Waals surface area contributed by atoms with E-state index in [0.717, 1.165) is 0 Å². The predicted octanol–water partition coefficient (Wildman–Crippen LogP) is 2.65. The van der Waals surface area contributed by atoms with Crippen molar-refractivity contribution in [3.05, 3.63) is 52.7 Å². The Hall–Kier alpha value is -2.99. The number of hydrogen-bond donors (Lipinski definition) is 2. The molecule has 2 heterocycles. The van der Waals surface area contributed by atoms with E-state index >= 15 is 0 Å². The van der Waals surface area contributed by atoms with Crippen LogP contribution in [0.5, 0.6) is 17.2 Å². The van der Waals surface area contributed by atoms with Crippen LogP contribution in [0.25, 0.3) is 22.3 Å². The van der Waals surface area contributed by atoms with Gasteiger partial charge in [-0.2, -0.15) is 0 Å². The molecule has 2 aromatic carbocycles. The van der Waals surface area contributed by atoms with Crippen molar-refractivity contribution < 1.29 is 24.1 Å². The molecule has 0 bridgehead atoms. The van der Waals surface area contributed by atoms with Gasteiger partial charge in [0.25, 0.3) is 0 Å². The molecule has 24 heavy (non-hydrogen) atoms. The SMILES string of the molecule is O=c1cc(-c2cc(O)cc(O)c2)oc2cc(OC[C@@H]3CO3)ccc12. The van der Waals surface area contributed by atoms with Crippen LogP contribution < -0.4 is 10.2 Å². The lowest BCUT2D eigenvalue weighted by Gasteiger charge is -2.07. The van der Waals surface area contributed by atoms with E-state index in [4.69, 9.17) is 13.9 Å². The number of rotatable bonds is 4. The lowest BCUT2D eigenvalue weighted by molar-refractivity contribution is 0.263. The van der Waals surface area contributed by atoms with Crippen molar-refractivity contribution in [3.63, 3.8) is 0 Å². The van der Waals surface area contributed by atoms with Crippen molar-refractivity contribution in [1.82, 2.24) is 0 Å².